The Morgan fingerprint density at radius 1 is 1.10 bits per heavy atom. The highest BCUT2D eigenvalue weighted by molar-refractivity contribution is 5.97. The predicted molar refractivity (Wildman–Crippen MR) is 118 cm³/mol. The molecule has 0 saturated carbocycles. The van der Waals surface area contributed by atoms with Gasteiger partial charge in [0.1, 0.15) is 5.75 Å². The smallest absolute Gasteiger partial charge is 0.251 e. The van der Waals surface area contributed by atoms with E-state index in [-0.39, 0.29) is 18.5 Å². The summed E-state index contributed by atoms with van der Waals surface area (Å²) in [6.07, 6.45) is 0. The van der Waals surface area contributed by atoms with Gasteiger partial charge in [0.2, 0.25) is 0 Å². The highest BCUT2D eigenvalue weighted by atomic mass is 16.5. The molecule has 7 nitrogen and oxygen atoms in total. The van der Waals surface area contributed by atoms with E-state index in [1.165, 1.54) is 0 Å². The van der Waals surface area contributed by atoms with Crippen molar-refractivity contribution in [3.63, 3.8) is 0 Å². The number of hydrogen-bond acceptors (Lipinski definition) is 5. The average Bonchev–Trinajstić information content (AvgIpc) is 3.17. The molecule has 4 rings (SSSR count). The fraction of sp³-hybridized carbons (Fsp3) is 0.130. The van der Waals surface area contributed by atoms with Crippen LogP contribution in [0.3, 0.4) is 0 Å². The number of benzene rings is 3. The number of aromatic amines is 1. The lowest BCUT2D eigenvalue weighted by Gasteiger charge is -2.18. The number of anilines is 1. The number of methoxy groups -OCH3 is 1. The number of carbonyl (C=O) groups is 1. The molecular formula is C23H23N5O2. The molecule has 0 aliphatic carbocycles. The van der Waals surface area contributed by atoms with E-state index in [0.717, 1.165) is 33.3 Å². The Hall–Kier alpha value is -3.84. The maximum atomic E-state index is 12.9. The lowest BCUT2D eigenvalue weighted by atomic mass is 10.0. The first kappa shape index (κ1) is 19.5. The number of amides is 1. The molecule has 152 valence electrons. The third-order valence-electron chi connectivity index (χ3n) is 5.09. The van der Waals surface area contributed by atoms with Crippen LogP contribution in [0.5, 0.6) is 5.75 Å². The second kappa shape index (κ2) is 8.26. The molecule has 0 saturated heterocycles. The number of hydrogen-bond donors (Lipinski definition) is 4. The molecule has 0 spiro atoms. The van der Waals surface area contributed by atoms with Gasteiger partial charge in [-0.05, 0) is 53.1 Å². The SMILES string of the molecule is COc1cccc(C(CN)NC(=O)c2cccc(-c3ccc4[nH]nc(N)c4c3)c2)c1. The van der Waals surface area contributed by atoms with Gasteiger partial charge in [-0.2, -0.15) is 5.10 Å². The van der Waals surface area contributed by atoms with Crippen LogP contribution >= 0.6 is 0 Å². The van der Waals surface area contributed by atoms with Crippen LogP contribution in [0.4, 0.5) is 5.82 Å². The van der Waals surface area contributed by atoms with Crippen LogP contribution in [-0.4, -0.2) is 29.8 Å². The number of nitrogens with one attached hydrogen (secondary N) is 2. The molecule has 6 N–H and O–H groups in total. The summed E-state index contributed by atoms with van der Waals surface area (Å²) < 4.78 is 5.27. The molecule has 30 heavy (non-hydrogen) atoms. The molecule has 0 fully saturated rings. The van der Waals surface area contributed by atoms with Gasteiger partial charge in [0.25, 0.3) is 5.91 Å². The van der Waals surface area contributed by atoms with E-state index in [9.17, 15) is 4.79 Å². The Morgan fingerprint density at radius 3 is 2.70 bits per heavy atom. The van der Waals surface area contributed by atoms with Crippen molar-refractivity contribution in [2.45, 2.75) is 6.04 Å². The molecule has 0 bridgehead atoms. The number of H-pyrrole nitrogens is 1. The summed E-state index contributed by atoms with van der Waals surface area (Å²) in [6, 6.07) is 20.5. The highest BCUT2D eigenvalue weighted by Crippen LogP contribution is 2.27. The molecule has 1 aromatic heterocycles. The van der Waals surface area contributed by atoms with Crippen LogP contribution in [0.2, 0.25) is 0 Å². The second-order valence-corrected chi connectivity index (χ2v) is 6.99. The number of nitrogens with two attached hydrogens (primary N) is 2. The number of aromatic nitrogens is 2. The Labute approximate surface area is 174 Å². The standard InChI is InChI=1S/C23H23N5O2/c1-30-18-7-3-5-16(11-18)21(13-24)26-23(29)17-6-2-4-14(10-17)15-8-9-20-19(12-15)22(25)28-27-20/h2-12,21H,13,24H2,1H3,(H,26,29)(H3,25,27,28). The van der Waals surface area contributed by atoms with Crippen molar-refractivity contribution in [1.82, 2.24) is 15.5 Å². The largest absolute Gasteiger partial charge is 0.497 e. The average molecular weight is 401 g/mol. The Balaban J connectivity index is 1.59. The minimum Gasteiger partial charge on any atom is -0.497 e. The first-order valence-electron chi connectivity index (χ1n) is 9.58. The zero-order chi connectivity index (χ0) is 21.1. The lowest BCUT2D eigenvalue weighted by Crippen LogP contribution is -2.33. The molecular weight excluding hydrogens is 378 g/mol. The van der Waals surface area contributed by atoms with E-state index in [2.05, 4.69) is 15.5 Å². The normalized spacial score (nSPS) is 11.9. The van der Waals surface area contributed by atoms with E-state index in [4.69, 9.17) is 16.2 Å². The van der Waals surface area contributed by atoms with Gasteiger partial charge in [0, 0.05) is 17.5 Å². The maximum Gasteiger partial charge on any atom is 0.251 e. The summed E-state index contributed by atoms with van der Waals surface area (Å²) >= 11 is 0. The third-order valence-corrected chi connectivity index (χ3v) is 5.09. The Kier molecular flexibility index (Phi) is 5.36. The van der Waals surface area contributed by atoms with Crippen LogP contribution in [0.15, 0.2) is 66.7 Å². The van der Waals surface area contributed by atoms with Crippen LogP contribution in [-0.2, 0) is 0 Å². The quantitative estimate of drug-likeness (QED) is 0.395. The summed E-state index contributed by atoms with van der Waals surface area (Å²) in [5.41, 5.74) is 16.0. The van der Waals surface area contributed by atoms with E-state index in [0.29, 0.717) is 11.4 Å². The summed E-state index contributed by atoms with van der Waals surface area (Å²) in [4.78, 5) is 12.9. The van der Waals surface area contributed by atoms with Gasteiger partial charge in [0.05, 0.1) is 18.7 Å². The molecule has 0 aliphatic heterocycles. The van der Waals surface area contributed by atoms with E-state index in [1.54, 1.807) is 13.2 Å². The first-order valence-corrected chi connectivity index (χ1v) is 9.58. The second-order valence-electron chi connectivity index (χ2n) is 6.99. The fourth-order valence-corrected chi connectivity index (χ4v) is 3.43. The van der Waals surface area contributed by atoms with Crippen molar-refractivity contribution in [3.8, 4) is 16.9 Å². The zero-order valence-corrected chi connectivity index (χ0v) is 16.6. The fourth-order valence-electron chi connectivity index (χ4n) is 3.43. The molecule has 1 heterocycles. The Bertz CT molecular complexity index is 1200. The lowest BCUT2D eigenvalue weighted by molar-refractivity contribution is 0.0938. The summed E-state index contributed by atoms with van der Waals surface area (Å²) in [7, 11) is 1.61. The van der Waals surface area contributed by atoms with Gasteiger partial charge >= 0.3 is 0 Å². The monoisotopic (exact) mass is 401 g/mol. The number of fused-ring (bicyclic) bond motifs is 1. The zero-order valence-electron chi connectivity index (χ0n) is 16.6. The number of nitrogens with zero attached hydrogens (tertiary/aromatic N) is 1. The van der Waals surface area contributed by atoms with Gasteiger partial charge in [0.15, 0.2) is 5.82 Å². The van der Waals surface area contributed by atoms with Crippen molar-refractivity contribution in [2.24, 2.45) is 5.73 Å². The van der Waals surface area contributed by atoms with Crippen molar-refractivity contribution in [3.05, 3.63) is 77.9 Å². The van der Waals surface area contributed by atoms with Crippen molar-refractivity contribution < 1.29 is 9.53 Å². The molecule has 1 unspecified atom stereocenters. The maximum absolute atomic E-state index is 12.9. The predicted octanol–water partition coefficient (Wildman–Crippen LogP) is 3.25. The van der Waals surface area contributed by atoms with Crippen LogP contribution in [0, 0.1) is 0 Å². The van der Waals surface area contributed by atoms with Gasteiger partial charge in [-0.1, -0.05) is 30.3 Å². The van der Waals surface area contributed by atoms with Crippen LogP contribution < -0.4 is 21.5 Å². The van der Waals surface area contributed by atoms with E-state index < -0.39 is 0 Å². The van der Waals surface area contributed by atoms with Crippen LogP contribution in [0.25, 0.3) is 22.0 Å². The molecule has 7 heteroatoms. The van der Waals surface area contributed by atoms with E-state index in [1.807, 2.05) is 60.7 Å². The number of nitrogen functional groups attached to an aromatic ring is 1. The molecule has 1 atom stereocenters. The highest BCUT2D eigenvalue weighted by Gasteiger charge is 2.16. The summed E-state index contributed by atoms with van der Waals surface area (Å²) in [5, 5.41) is 10.8. The summed E-state index contributed by atoms with van der Waals surface area (Å²) in [5.74, 6) is 0.972. The first-order chi connectivity index (χ1) is 14.6. The summed E-state index contributed by atoms with van der Waals surface area (Å²) in [6.45, 7) is 0.273. The number of carbonyl (C=O) groups excluding carboxylic acids is 1. The van der Waals surface area contributed by atoms with Crippen molar-refractivity contribution in [1.29, 1.82) is 0 Å². The molecule has 3 aromatic carbocycles. The molecule has 1 amide bonds. The van der Waals surface area contributed by atoms with Crippen LogP contribution in [0.1, 0.15) is 22.0 Å². The minimum absolute atomic E-state index is 0.195. The topological polar surface area (TPSA) is 119 Å². The van der Waals surface area contributed by atoms with Gasteiger partial charge in [-0.25, -0.2) is 0 Å². The molecule has 0 aliphatic rings. The minimum atomic E-state index is -0.321. The number of rotatable bonds is 6. The van der Waals surface area contributed by atoms with E-state index >= 15 is 0 Å². The van der Waals surface area contributed by atoms with Gasteiger partial charge < -0.3 is 21.5 Å². The third kappa shape index (κ3) is 3.83. The Morgan fingerprint density at radius 2 is 1.90 bits per heavy atom. The van der Waals surface area contributed by atoms with Crippen molar-refractivity contribution >= 4 is 22.6 Å². The van der Waals surface area contributed by atoms with Gasteiger partial charge in [-0.3, -0.25) is 9.89 Å². The molecule has 0 radical (unpaired) electrons. The molecule has 4 aromatic rings. The van der Waals surface area contributed by atoms with Crippen molar-refractivity contribution in [2.75, 3.05) is 19.4 Å². The van der Waals surface area contributed by atoms with Gasteiger partial charge in [-0.15, -0.1) is 0 Å². The number of ether oxygens (including phenoxy) is 1.